The highest BCUT2D eigenvalue weighted by Crippen LogP contribution is 2.14. The van der Waals surface area contributed by atoms with Gasteiger partial charge >= 0.3 is 0 Å². The van der Waals surface area contributed by atoms with E-state index in [-0.39, 0.29) is 11.6 Å². The van der Waals surface area contributed by atoms with Gasteiger partial charge in [0.05, 0.1) is 12.3 Å². The Morgan fingerprint density at radius 1 is 1.55 bits per heavy atom. The van der Waals surface area contributed by atoms with Crippen LogP contribution in [0.4, 0.5) is 14.5 Å². The van der Waals surface area contributed by atoms with E-state index < -0.39 is 17.5 Å². The van der Waals surface area contributed by atoms with Crippen molar-refractivity contribution in [3.63, 3.8) is 0 Å². The topological polar surface area (TPSA) is 59.9 Å². The second-order valence-corrected chi connectivity index (χ2v) is 4.37. The van der Waals surface area contributed by atoms with Gasteiger partial charge < -0.3 is 14.9 Å². The Labute approximate surface area is 114 Å². The number of oxime groups is 1. The van der Waals surface area contributed by atoms with Gasteiger partial charge in [-0.2, -0.15) is 0 Å². The quantitative estimate of drug-likeness (QED) is 0.664. The largest absolute Gasteiger partial charge is 0.395 e. The van der Waals surface area contributed by atoms with E-state index >= 15 is 0 Å². The molecule has 0 aliphatic carbocycles. The molecule has 0 radical (unpaired) electrons. The van der Waals surface area contributed by atoms with E-state index in [1.54, 1.807) is 0 Å². The lowest BCUT2D eigenvalue weighted by atomic mass is 10.1. The number of nitrogens with one attached hydrogen (secondary N) is 1. The van der Waals surface area contributed by atoms with Gasteiger partial charge in [0.15, 0.2) is 0 Å². The van der Waals surface area contributed by atoms with E-state index in [1.807, 2.05) is 0 Å². The summed E-state index contributed by atoms with van der Waals surface area (Å²) in [5, 5.41) is 5.72. The minimum absolute atomic E-state index is 0.118. The van der Waals surface area contributed by atoms with Crippen molar-refractivity contribution >= 4 is 17.8 Å². The summed E-state index contributed by atoms with van der Waals surface area (Å²) in [5.41, 5.74) is -0.118. The van der Waals surface area contributed by atoms with Crippen LogP contribution >= 0.6 is 0 Å². The van der Waals surface area contributed by atoms with Gasteiger partial charge in [0.25, 0.3) is 5.91 Å². The number of ether oxygens (including phenoxy) is 1. The number of nitrogens with zero attached hydrogens (tertiary/aromatic N) is 1. The van der Waals surface area contributed by atoms with Crippen LogP contribution in [0.3, 0.4) is 0 Å². The summed E-state index contributed by atoms with van der Waals surface area (Å²) in [6.45, 7) is 1.71. The summed E-state index contributed by atoms with van der Waals surface area (Å²) in [6.07, 6.45) is 1.81. The Morgan fingerprint density at radius 3 is 3.10 bits per heavy atom. The number of carbonyl (C=O) groups is 1. The molecule has 0 unspecified atom stereocenters. The Balaban J connectivity index is 1.76. The molecule has 1 aromatic carbocycles. The van der Waals surface area contributed by atoms with Crippen LogP contribution < -0.4 is 5.32 Å². The smallest absolute Gasteiger partial charge is 0.270 e. The third-order valence-corrected chi connectivity index (χ3v) is 2.77. The molecule has 1 atom stereocenters. The molecule has 0 aromatic heterocycles. The van der Waals surface area contributed by atoms with Crippen LogP contribution in [0.5, 0.6) is 0 Å². The van der Waals surface area contributed by atoms with Crippen molar-refractivity contribution in [3.8, 4) is 0 Å². The van der Waals surface area contributed by atoms with Gasteiger partial charge in [-0.1, -0.05) is 5.16 Å². The van der Waals surface area contributed by atoms with E-state index in [9.17, 15) is 13.6 Å². The number of hydrogen-bond acceptors (Lipinski definition) is 4. The van der Waals surface area contributed by atoms with Crippen LogP contribution in [0.25, 0.3) is 0 Å². The van der Waals surface area contributed by atoms with Crippen molar-refractivity contribution < 1.29 is 23.1 Å². The van der Waals surface area contributed by atoms with Gasteiger partial charge in [-0.3, -0.25) is 4.79 Å². The first kappa shape index (κ1) is 14.4. The summed E-state index contributed by atoms with van der Waals surface area (Å²) in [4.78, 5) is 16.4. The van der Waals surface area contributed by atoms with Gasteiger partial charge in [-0.05, 0) is 18.6 Å². The minimum atomic E-state index is -0.851. The van der Waals surface area contributed by atoms with Crippen molar-refractivity contribution in [2.24, 2.45) is 11.1 Å². The Morgan fingerprint density at radius 2 is 2.40 bits per heavy atom. The molecule has 0 saturated carbocycles. The average molecular weight is 284 g/mol. The molecule has 5 nitrogen and oxygen atoms in total. The summed E-state index contributed by atoms with van der Waals surface area (Å²) in [5.74, 6) is -1.94. The molecule has 1 amide bonds. The lowest BCUT2D eigenvalue weighted by Crippen LogP contribution is -2.14. The Bertz CT molecular complexity index is 502. The first-order chi connectivity index (χ1) is 9.65. The van der Waals surface area contributed by atoms with E-state index in [0.717, 1.165) is 24.8 Å². The molecule has 1 N–H and O–H groups in total. The molecular formula is C13H14F2N2O3. The Hall–Kier alpha value is -2.02. The highest BCUT2D eigenvalue weighted by molar-refractivity contribution is 6.31. The number of benzene rings is 1. The van der Waals surface area contributed by atoms with Crippen molar-refractivity contribution in [2.75, 3.05) is 25.1 Å². The number of hydrogen-bond donors (Lipinski definition) is 1. The monoisotopic (exact) mass is 284 g/mol. The van der Waals surface area contributed by atoms with Gasteiger partial charge in [0.2, 0.25) is 0 Å². The average Bonchev–Trinajstić information content (AvgIpc) is 2.91. The van der Waals surface area contributed by atoms with E-state index in [1.165, 1.54) is 0 Å². The maximum Gasteiger partial charge on any atom is 0.270 e. The Kier molecular flexibility index (Phi) is 5.00. The molecule has 108 valence electrons. The molecule has 2 rings (SSSR count). The van der Waals surface area contributed by atoms with Crippen molar-refractivity contribution in [1.29, 1.82) is 0 Å². The van der Waals surface area contributed by atoms with Crippen LogP contribution in [-0.4, -0.2) is 31.9 Å². The first-order valence-electron chi connectivity index (χ1n) is 6.14. The lowest BCUT2D eigenvalue weighted by Gasteiger charge is -2.05. The van der Waals surface area contributed by atoms with Gasteiger partial charge in [0, 0.05) is 18.6 Å². The van der Waals surface area contributed by atoms with Crippen LogP contribution in [0.1, 0.15) is 6.42 Å². The third-order valence-electron chi connectivity index (χ3n) is 2.77. The zero-order chi connectivity index (χ0) is 14.4. The highest BCUT2D eigenvalue weighted by atomic mass is 19.1. The second kappa shape index (κ2) is 6.95. The maximum atomic E-state index is 13.3. The highest BCUT2D eigenvalue weighted by Gasteiger charge is 2.15. The second-order valence-electron chi connectivity index (χ2n) is 4.37. The predicted molar refractivity (Wildman–Crippen MR) is 68.4 cm³/mol. The van der Waals surface area contributed by atoms with Crippen molar-refractivity contribution in [3.05, 3.63) is 29.8 Å². The summed E-state index contributed by atoms with van der Waals surface area (Å²) < 4.78 is 31.1. The fraction of sp³-hybridized carbons (Fsp3) is 0.385. The van der Waals surface area contributed by atoms with Crippen molar-refractivity contribution in [1.82, 2.24) is 0 Å². The summed E-state index contributed by atoms with van der Waals surface area (Å²) in [7, 11) is 0. The number of rotatable bonds is 5. The minimum Gasteiger partial charge on any atom is -0.395 e. The SMILES string of the molecule is O=C(C=NOC[C@@H]1CCOC1)Nc1ccc(F)cc1F. The van der Waals surface area contributed by atoms with E-state index in [0.29, 0.717) is 25.9 Å². The molecular weight excluding hydrogens is 270 g/mol. The van der Waals surface area contributed by atoms with Gasteiger partial charge in [-0.15, -0.1) is 0 Å². The van der Waals surface area contributed by atoms with Crippen LogP contribution in [-0.2, 0) is 14.4 Å². The number of halogens is 2. The molecule has 0 spiro atoms. The fourth-order valence-electron chi connectivity index (χ4n) is 1.70. The summed E-state index contributed by atoms with van der Waals surface area (Å²) >= 11 is 0. The lowest BCUT2D eigenvalue weighted by molar-refractivity contribution is -0.110. The molecule has 0 bridgehead atoms. The normalized spacial score (nSPS) is 18.4. The molecule has 1 aliphatic heterocycles. The molecule has 1 aliphatic rings. The standard InChI is InChI=1S/C13H14F2N2O3/c14-10-1-2-12(11(15)5-10)17-13(18)6-16-20-8-9-3-4-19-7-9/h1-2,5-6,9H,3-4,7-8H2,(H,17,18)/t9-/m1/s1. The van der Waals surface area contributed by atoms with E-state index in [4.69, 9.17) is 9.57 Å². The number of amides is 1. The summed E-state index contributed by atoms with van der Waals surface area (Å²) in [6, 6.07) is 2.86. The fourth-order valence-corrected chi connectivity index (χ4v) is 1.70. The zero-order valence-corrected chi connectivity index (χ0v) is 10.6. The van der Waals surface area contributed by atoms with Crippen LogP contribution in [0.2, 0.25) is 0 Å². The van der Waals surface area contributed by atoms with Crippen LogP contribution in [0, 0.1) is 17.6 Å². The van der Waals surface area contributed by atoms with Crippen molar-refractivity contribution in [2.45, 2.75) is 6.42 Å². The molecule has 1 saturated heterocycles. The number of carbonyl (C=O) groups excluding carboxylic acids is 1. The van der Waals surface area contributed by atoms with Crippen LogP contribution in [0.15, 0.2) is 23.4 Å². The molecule has 7 heteroatoms. The predicted octanol–water partition coefficient (Wildman–Crippen LogP) is 1.94. The third kappa shape index (κ3) is 4.27. The zero-order valence-electron chi connectivity index (χ0n) is 10.6. The molecule has 1 heterocycles. The first-order valence-corrected chi connectivity index (χ1v) is 6.14. The number of anilines is 1. The maximum absolute atomic E-state index is 13.3. The molecule has 20 heavy (non-hydrogen) atoms. The molecule has 1 aromatic rings. The van der Waals surface area contributed by atoms with Gasteiger partial charge in [-0.25, -0.2) is 8.78 Å². The van der Waals surface area contributed by atoms with Gasteiger partial charge in [0.1, 0.15) is 24.5 Å². The van der Waals surface area contributed by atoms with E-state index in [2.05, 4.69) is 10.5 Å². The molecule has 1 fully saturated rings.